The van der Waals surface area contributed by atoms with Gasteiger partial charge >= 0.3 is 5.97 Å². The van der Waals surface area contributed by atoms with Crippen LogP contribution in [0.3, 0.4) is 0 Å². The van der Waals surface area contributed by atoms with E-state index >= 15 is 0 Å². The van der Waals surface area contributed by atoms with Gasteiger partial charge in [0.05, 0.1) is 16.3 Å². The van der Waals surface area contributed by atoms with Crippen LogP contribution in [0.25, 0.3) is 0 Å². The fourth-order valence-corrected chi connectivity index (χ4v) is 2.63. The maximum atomic E-state index is 13.0. The fourth-order valence-electron chi connectivity index (χ4n) is 2.42. The average Bonchev–Trinajstić information content (AvgIpc) is 2.73. The molecule has 0 aliphatic heterocycles. The van der Waals surface area contributed by atoms with Gasteiger partial charge in [0.15, 0.2) is 6.61 Å². The molecule has 0 bridgehead atoms. The van der Waals surface area contributed by atoms with Gasteiger partial charge in [-0.3, -0.25) is 4.79 Å². The standard InChI is InChI=1S/C22H17ClFNO4/c23-19-12-17(24)8-11-20(19)25-21(26)14-29-22(27)16-6-9-18(10-7-16)28-13-15-4-2-1-3-5-15/h1-12H,13-14H2,(H,25,26). The van der Waals surface area contributed by atoms with Crippen LogP contribution in [0.4, 0.5) is 10.1 Å². The number of carbonyl (C=O) groups excluding carboxylic acids is 2. The minimum Gasteiger partial charge on any atom is -0.489 e. The second kappa shape index (κ2) is 9.71. The van der Waals surface area contributed by atoms with Crippen LogP contribution in [-0.4, -0.2) is 18.5 Å². The quantitative estimate of drug-likeness (QED) is 0.562. The van der Waals surface area contributed by atoms with Crippen molar-refractivity contribution in [3.8, 4) is 5.75 Å². The van der Waals surface area contributed by atoms with E-state index in [4.69, 9.17) is 21.1 Å². The molecular formula is C22H17ClFNO4. The molecule has 0 saturated heterocycles. The van der Waals surface area contributed by atoms with Gasteiger partial charge in [-0.1, -0.05) is 41.9 Å². The number of carbonyl (C=O) groups is 2. The first kappa shape index (κ1) is 20.4. The smallest absolute Gasteiger partial charge is 0.338 e. The largest absolute Gasteiger partial charge is 0.489 e. The summed E-state index contributed by atoms with van der Waals surface area (Å²) in [7, 11) is 0. The second-order valence-electron chi connectivity index (χ2n) is 6.05. The normalized spacial score (nSPS) is 10.3. The SMILES string of the molecule is O=C(COC(=O)c1ccc(OCc2ccccc2)cc1)Nc1ccc(F)cc1Cl. The Morgan fingerprint density at radius 3 is 2.38 bits per heavy atom. The van der Waals surface area contributed by atoms with Crippen molar-refractivity contribution in [3.63, 3.8) is 0 Å². The van der Waals surface area contributed by atoms with Gasteiger partial charge in [0, 0.05) is 0 Å². The Morgan fingerprint density at radius 2 is 1.69 bits per heavy atom. The highest BCUT2D eigenvalue weighted by Gasteiger charge is 2.12. The van der Waals surface area contributed by atoms with Gasteiger partial charge in [-0.25, -0.2) is 9.18 Å². The minimum atomic E-state index is -0.653. The Labute approximate surface area is 172 Å². The van der Waals surface area contributed by atoms with Crippen molar-refractivity contribution in [1.29, 1.82) is 0 Å². The summed E-state index contributed by atoms with van der Waals surface area (Å²) in [6.07, 6.45) is 0. The van der Waals surface area contributed by atoms with Crippen LogP contribution in [0.1, 0.15) is 15.9 Å². The molecule has 0 fully saturated rings. The summed E-state index contributed by atoms with van der Waals surface area (Å²) in [4.78, 5) is 24.0. The van der Waals surface area contributed by atoms with Gasteiger partial charge in [0.2, 0.25) is 0 Å². The zero-order valence-electron chi connectivity index (χ0n) is 15.2. The molecular weight excluding hydrogens is 397 g/mol. The Bertz CT molecular complexity index is 993. The maximum absolute atomic E-state index is 13.0. The summed E-state index contributed by atoms with van der Waals surface area (Å²) in [5, 5.41) is 2.50. The molecule has 0 saturated carbocycles. The Kier molecular flexibility index (Phi) is 6.81. The molecule has 5 nitrogen and oxygen atoms in total. The van der Waals surface area contributed by atoms with Crippen LogP contribution < -0.4 is 10.1 Å². The third kappa shape index (κ3) is 6.05. The van der Waals surface area contributed by atoms with Crippen LogP contribution >= 0.6 is 11.6 Å². The van der Waals surface area contributed by atoms with E-state index in [1.165, 1.54) is 6.07 Å². The van der Waals surface area contributed by atoms with Crippen molar-refractivity contribution in [2.24, 2.45) is 0 Å². The first-order chi connectivity index (χ1) is 14.0. The van der Waals surface area contributed by atoms with Crippen molar-refractivity contribution in [1.82, 2.24) is 0 Å². The number of anilines is 1. The molecule has 0 atom stereocenters. The lowest BCUT2D eigenvalue weighted by molar-refractivity contribution is -0.119. The van der Waals surface area contributed by atoms with Gasteiger partial charge < -0.3 is 14.8 Å². The van der Waals surface area contributed by atoms with E-state index < -0.39 is 24.3 Å². The summed E-state index contributed by atoms with van der Waals surface area (Å²) in [6.45, 7) is -0.0878. The third-order valence-electron chi connectivity index (χ3n) is 3.88. The maximum Gasteiger partial charge on any atom is 0.338 e. The Balaban J connectivity index is 1.48. The number of rotatable bonds is 7. The van der Waals surface area contributed by atoms with Crippen LogP contribution in [0, 0.1) is 5.82 Å². The van der Waals surface area contributed by atoms with Gasteiger partial charge in [0.1, 0.15) is 18.2 Å². The molecule has 0 aliphatic rings. The molecule has 3 rings (SSSR count). The monoisotopic (exact) mass is 413 g/mol. The van der Waals surface area contributed by atoms with Crippen LogP contribution in [0.5, 0.6) is 5.75 Å². The molecule has 0 spiro atoms. The molecule has 7 heteroatoms. The highest BCUT2D eigenvalue weighted by Crippen LogP contribution is 2.22. The zero-order valence-corrected chi connectivity index (χ0v) is 16.0. The average molecular weight is 414 g/mol. The Morgan fingerprint density at radius 1 is 0.966 bits per heavy atom. The molecule has 1 amide bonds. The number of nitrogens with one attached hydrogen (secondary N) is 1. The molecule has 1 N–H and O–H groups in total. The molecule has 29 heavy (non-hydrogen) atoms. The molecule has 3 aromatic rings. The fraction of sp³-hybridized carbons (Fsp3) is 0.0909. The second-order valence-corrected chi connectivity index (χ2v) is 6.45. The van der Waals surface area contributed by atoms with Crippen molar-refractivity contribution in [3.05, 3.63) is 94.8 Å². The highest BCUT2D eigenvalue weighted by atomic mass is 35.5. The van der Waals surface area contributed by atoms with Gasteiger partial charge in [-0.2, -0.15) is 0 Å². The predicted molar refractivity (Wildman–Crippen MR) is 108 cm³/mol. The molecule has 0 radical (unpaired) electrons. The lowest BCUT2D eigenvalue weighted by Crippen LogP contribution is -2.21. The molecule has 0 heterocycles. The van der Waals surface area contributed by atoms with E-state index in [9.17, 15) is 14.0 Å². The first-order valence-corrected chi connectivity index (χ1v) is 9.08. The van der Waals surface area contributed by atoms with Crippen LogP contribution in [0.15, 0.2) is 72.8 Å². The van der Waals surface area contributed by atoms with Crippen LogP contribution in [0.2, 0.25) is 5.02 Å². The number of ether oxygens (including phenoxy) is 2. The summed E-state index contributed by atoms with van der Waals surface area (Å²) in [5.74, 6) is -1.15. The number of halogens is 2. The lowest BCUT2D eigenvalue weighted by atomic mass is 10.2. The topological polar surface area (TPSA) is 64.6 Å². The Hall–Kier alpha value is -3.38. The number of hydrogen-bond acceptors (Lipinski definition) is 4. The predicted octanol–water partition coefficient (Wildman–Crippen LogP) is 4.85. The summed E-state index contributed by atoms with van der Waals surface area (Å²) in [5.41, 5.74) is 1.54. The van der Waals surface area contributed by atoms with E-state index in [1.54, 1.807) is 24.3 Å². The minimum absolute atomic E-state index is 0.0516. The van der Waals surface area contributed by atoms with Crippen molar-refractivity contribution >= 4 is 29.2 Å². The van der Waals surface area contributed by atoms with E-state index in [2.05, 4.69) is 5.32 Å². The number of esters is 1. The van der Waals surface area contributed by atoms with Crippen molar-refractivity contribution in [2.45, 2.75) is 6.61 Å². The van der Waals surface area contributed by atoms with Crippen molar-refractivity contribution in [2.75, 3.05) is 11.9 Å². The molecule has 0 unspecified atom stereocenters. The van der Waals surface area contributed by atoms with Gasteiger partial charge in [0.25, 0.3) is 5.91 Å². The zero-order chi connectivity index (χ0) is 20.6. The van der Waals surface area contributed by atoms with Gasteiger partial charge in [-0.05, 0) is 48.0 Å². The molecule has 0 aromatic heterocycles. The number of amides is 1. The van der Waals surface area contributed by atoms with E-state index in [1.807, 2.05) is 30.3 Å². The first-order valence-electron chi connectivity index (χ1n) is 8.70. The lowest BCUT2D eigenvalue weighted by Gasteiger charge is -2.09. The van der Waals surface area contributed by atoms with Gasteiger partial charge in [-0.15, -0.1) is 0 Å². The number of benzene rings is 3. The van der Waals surface area contributed by atoms with E-state index in [0.29, 0.717) is 12.4 Å². The van der Waals surface area contributed by atoms with Crippen molar-refractivity contribution < 1.29 is 23.5 Å². The number of hydrogen-bond donors (Lipinski definition) is 1. The summed E-state index contributed by atoms with van der Waals surface area (Å²) in [6, 6.07) is 19.7. The van der Waals surface area contributed by atoms with E-state index in [0.717, 1.165) is 17.7 Å². The van der Waals surface area contributed by atoms with Crippen LogP contribution in [-0.2, 0) is 16.1 Å². The van der Waals surface area contributed by atoms with E-state index in [-0.39, 0.29) is 16.3 Å². The molecule has 148 valence electrons. The third-order valence-corrected chi connectivity index (χ3v) is 4.19. The summed E-state index contributed by atoms with van der Waals surface area (Å²) < 4.78 is 23.7. The summed E-state index contributed by atoms with van der Waals surface area (Å²) >= 11 is 5.84. The molecule has 0 aliphatic carbocycles. The molecule has 3 aromatic carbocycles. The highest BCUT2D eigenvalue weighted by molar-refractivity contribution is 6.33.